The van der Waals surface area contributed by atoms with Gasteiger partial charge in [0, 0.05) is 6.04 Å². The Morgan fingerprint density at radius 2 is 1.86 bits per heavy atom. The molecule has 21 heavy (non-hydrogen) atoms. The number of amides is 2. The van der Waals surface area contributed by atoms with Gasteiger partial charge in [-0.05, 0) is 54.8 Å². The van der Waals surface area contributed by atoms with Crippen molar-refractivity contribution in [2.75, 3.05) is 0 Å². The van der Waals surface area contributed by atoms with Crippen molar-refractivity contribution in [3.63, 3.8) is 0 Å². The first-order valence-corrected chi connectivity index (χ1v) is 8.04. The molecular formula is C16H26N2O3. The SMILES string of the molecule is CC12CCC(C1)C(C)(C)C2NC(=O)NC(C(=O)O)C1CC1. The van der Waals surface area contributed by atoms with Gasteiger partial charge in [-0.25, -0.2) is 9.59 Å². The zero-order valence-electron chi connectivity index (χ0n) is 13.1. The van der Waals surface area contributed by atoms with Gasteiger partial charge in [-0.1, -0.05) is 20.8 Å². The van der Waals surface area contributed by atoms with Crippen molar-refractivity contribution in [1.29, 1.82) is 0 Å². The number of hydrogen-bond acceptors (Lipinski definition) is 2. The molecule has 4 unspecified atom stereocenters. The van der Waals surface area contributed by atoms with Gasteiger partial charge in [-0.3, -0.25) is 0 Å². The molecule has 3 rings (SSSR count). The van der Waals surface area contributed by atoms with E-state index in [0.29, 0.717) is 5.92 Å². The highest BCUT2D eigenvalue weighted by molar-refractivity contribution is 5.83. The first-order chi connectivity index (χ1) is 9.74. The lowest BCUT2D eigenvalue weighted by Crippen LogP contribution is -2.57. The summed E-state index contributed by atoms with van der Waals surface area (Å²) in [5.41, 5.74) is 0.243. The highest BCUT2D eigenvalue weighted by Gasteiger charge is 2.59. The molecular weight excluding hydrogens is 268 g/mol. The Bertz CT molecular complexity index is 467. The average molecular weight is 294 g/mol. The van der Waals surface area contributed by atoms with Crippen LogP contribution in [0.5, 0.6) is 0 Å². The number of hydrogen-bond donors (Lipinski definition) is 3. The quantitative estimate of drug-likeness (QED) is 0.745. The second-order valence-electron chi connectivity index (χ2n) is 8.12. The van der Waals surface area contributed by atoms with Gasteiger partial charge in [-0.2, -0.15) is 0 Å². The summed E-state index contributed by atoms with van der Waals surface area (Å²) in [6.45, 7) is 6.70. The van der Waals surface area contributed by atoms with E-state index in [2.05, 4.69) is 31.4 Å². The van der Waals surface area contributed by atoms with Crippen LogP contribution in [0.25, 0.3) is 0 Å². The Morgan fingerprint density at radius 1 is 1.19 bits per heavy atom. The number of carboxylic acids is 1. The Balaban J connectivity index is 1.66. The topological polar surface area (TPSA) is 78.4 Å². The summed E-state index contributed by atoms with van der Waals surface area (Å²) in [7, 11) is 0. The molecule has 0 aromatic rings. The number of urea groups is 1. The molecule has 0 aliphatic heterocycles. The molecule has 0 radical (unpaired) electrons. The molecule has 0 aromatic heterocycles. The van der Waals surface area contributed by atoms with E-state index in [0.717, 1.165) is 25.7 Å². The number of carbonyl (C=O) groups is 2. The number of fused-ring (bicyclic) bond motifs is 2. The van der Waals surface area contributed by atoms with Crippen LogP contribution in [0.4, 0.5) is 4.79 Å². The molecule has 118 valence electrons. The number of rotatable bonds is 4. The number of aliphatic carboxylic acids is 1. The summed E-state index contributed by atoms with van der Waals surface area (Å²) in [4.78, 5) is 23.5. The second-order valence-corrected chi connectivity index (χ2v) is 8.12. The lowest BCUT2D eigenvalue weighted by atomic mass is 9.68. The Kier molecular flexibility index (Phi) is 3.22. The van der Waals surface area contributed by atoms with Gasteiger partial charge < -0.3 is 15.7 Å². The van der Waals surface area contributed by atoms with Gasteiger partial charge in [0.15, 0.2) is 0 Å². The average Bonchev–Trinajstić information content (AvgIpc) is 3.10. The molecule has 3 aliphatic carbocycles. The van der Waals surface area contributed by atoms with E-state index >= 15 is 0 Å². The fraction of sp³-hybridized carbons (Fsp3) is 0.875. The van der Waals surface area contributed by atoms with Crippen LogP contribution in [0, 0.1) is 22.7 Å². The highest BCUT2D eigenvalue weighted by Crippen LogP contribution is 2.62. The van der Waals surface area contributed by atoms with Gasteiger partial charge in [0.25, 0.3) is 0 Å². The predicted molar refractivity (Wildman–Crippen MR) is 78.8 cm³/mol. The van der Waals surface area contributed by atoms with Crippen LogP contribution in [0.1, 0.15) is 52.9 Å². The summed E-state index contributed by atoms with van der Waals surface area (Å²) in [5, 5.41) is 15.0. The van der Waals surface area contributed by atoms with Gasteiger partial charge in [0.2, 0.25) is 0 Å². The summed E-state index contributed by atoms with van der Waals surface area (Å²) in [6, 6.07) is -0.932. The molecule has 0 aromatic carbocycles. The molecule has 3 saturated carbocycles. The van der Waals surface area contributed by atoms with Crippen molar-refractivity contribution in [3.05, 3.63) is 0 Å². The lowest BCUT2D eigenvalue weighted by molar-refractivity contribution is -0.139. The molecule has 0 heterocycles. The Hall–Kier alpha value is -1.26. The predicted octanol–water partition coefficient (Wildman–Crippen LogP) is 2.36. The van der Waals surface area contributed by atoms with Crippen LogP contribution in [0.3, 0.4) is 0 Å². The Labute approximate surface area is 125 Å². The monoisotopic (exact) mass is 294 g/mol. The fourth-order valence-corrected chi connectivity index (χ4v) is 4.79. The summed E-state index contributed by atoms with van der Waals surface area (Å²) < 4.78 is 0. The van der Waals surface area contributed by atoms with Crippen molar-refractivity contribution in [1.82, 2.24) is 10.6 Å². The standard InChI is InChI=1S/C16H26N2O3/c1-15(2)10-6-7-16(3,8-10)13(15)18-14(21)17-11(12(19)20)9-4-5-9/h9-11,13H,4-8H2,1-3H3,(H,19,20)(H2,17,18,21). The maximum absolute atomic E-state index is 12.3. The molecule has 3 aliphatic rings. The maximum atomic E-state index is 12.3. The first kappa shape index (κ1) is 14.7. The van der Waals surface area contributed by atoms with Gasteiger partial charge in [-0.15, -0.1) is 0 Å². The smallest absolute Gasteiger partial charge is 0.326 e. The van der Waals surface area contributed by atoms with Crippen molar-refractivity contribution in [3.8, 4) is 0 Å². The fourth-order valence-electron chi connectivity index (χ4n) is 4.79. The largest absolute Gasteiger partial charge is 0.480 e. The van der Waals surface area contributed by atoms with Crippen LogP contribution in [-0.4, -0.2) is 29.2 Å². The Morgan fingerprint density at radius 3 is 2.33 bits per heavy atom. The van der Waals surface area contributed by atoms with Crippen molar-refractivity contribution < 1.29 is 14.7 Å². The number of carboxylic acid groups (broad SMARTS) is 1. The van der Waals surface area contributed by atoms with Crippen LogP contribution >= 0.6 is 0 Å². The van der Waals surface area contributed by atoms with Crippen LogP contribution in [0.15, 0.2) is 0 Å². The molecule has 3 N–H and O–H groups in total. The third kappa shape index (κ3) is 2.40. The second kappa shape index (κ2) is 4.62. The minimum absolute atomic E-state index is 0.0860. The van der Waals surface area contributed by atoms with E-state index < -0.39 is 12.0 Å². The molecule has 3 fully saturated rings. The van der Waals surface area contributed by atoms with Gasteiger partial charge >= 0.3 is 12.0 Å². The molecule has 2 amide bonds. The van der Waals surface area contributed by atoms with E-state index in [1.165, 1.54) is 6.42 Å². The number of carbonyl (C=O) groups excluding carboxylic acids is 1. The van der Waals surface area contributed by atoms with Crippen molar-refractivity contribution >= 4 is 12.0 Å². The van der Waals surface area contributed by atoms with E-state index in [9.17, 15) is 14.7 Å². The summed E-state index contributed by atoms with van der Waals surface area (Å²) >= 11 is 0. The van der Waals surface area contributed by atoms with E-state index in [4.69, 9.17) is 0 Å². The minimum Gasteiger partial charge on any atom is -0.480 e. The summed E-state index contributed by atoms with van der Waals surface area (Å²) in [6.07, 6.45) is 5.34. The highest BCUT2D eigenvalue weighted by atomic mass is 16.4. The van der Waals surface area contributed by atoms with Crippen molar-refractivity contribution in [2.45, 2.75) is 65.0 Å². The van der Waals surface area contributed by atoms with Crippen LogP contribution in [0.2, 0.25) is 0 Å². The minimum atomic E-state index is -0.925. The maximum Gasteiger partial charge on any atom is 0.326 e. The number of nitrogens with one attached hydrogen (secondary N) is 2. The third-order valence-electron chi connectivity index (χ3n) is 6.19. The first-order valence-electron chi connectivity index (χ1n) is 8.04. The molecule has 5 heteroatoms. The normalized spacial score (nSPS) is 38.0. The van der Waals surface area contributed by atoms with Gasteiger partial charge in [0.05, 0.1) is 0 Å². The van der Waals surface area contributed by atoms with Crippen LogP contribution in [-0.2, 0) is 4.79 Å². The van der Waals surface area contributed by atoms with Crippen LogP contribution < -0.4 is 10.6 Å². The molecule has 5 nitrogen and oxygen atoms in total. The molecule has 2 bridgehead atoms. The van der Waals surface area contributed by atoms with E-state index in [1.807, 2.05) is 0 Å². The third-order valence-corrected chi connectivity index (χ3v) is 6.19. The lowest BCUT2D eigenvalue weighted by Gasteiger charge is -2.43. The molecule has 0 spiro atoms. The zero-order chi connectivity index (χ0) is 15.4. The molecule has 4 atom stereocenters. The van der Waals surface area contributed by atoms with Crippen molar-refractivity contribution in [2.24, 2.45) is 22.7 Å². The van der Waals surface area contributed by atoms with E-state index in [1.54, 1.807) is 0 Å². The summed E-state index contributed by atoms with van der Waals surface area (Å²) in [5.74, 6) is -0.158. The zero-order valence-corrected chi connectivity index (χ0v) is 13.1. The van der Waals surface area contributed by atoms with Gasteiger partial charge in [0.1, 0.15) is 6.04 Å². The molecule has 0 saturated heterocycles. The van der Waals surface area contributed by atoms with E-state index in [-0.39, 0.29) is 28.8 Å².